The van der Waals surface area contributed by atoms with Crippen molar-refractivity contribution in [1.82, 2.24) is 4.90 Å². The Morgan fingerprint density at radius 1 is 1.21 bits per heavy atom. The van der Waals surface area contributed by atoms with E-state index in [4.69, 9.17) is 0 Å². The van der Waals surface area contributed by atoms with Crippen molar-refractivity contribution in [3.8, 4) is 0 Å². The molecule has 0 N–H and O–H groups in total. The third kappa shape index (κ3) is 2.06. The van der Waals surface area contributed by atoms with E-state index in [1.807, 2.05) is 23.1 Å². The lowest BCUT2D eigenvalue weighted by molar-refractivity contribution is -0.127. The van der Waals surface area contributed by atoms with Crippen LogP contribution in [0.25, 0.3) is 0 Å². The fourth-order valence-corrected chi connectivity index (χ4v) is 1.95. The van der Waals surface area contributed by atoms with Gasteiger partial charge in [0.05, 0.1) is 0 Å². The molecule has 2 aliphatic rings. The van der Waals surface area contributed by atoms with E-state index in [1.54, 1.807) is 0 Å². The summed E-state index contributed by atoms with van der Waals surface area (Å²) in [4.78, 5) is 13.9. The van der Waals surface area contributed by atoms with Crippen LogP contribution in [0.4, 0.5) is 0 Å². The molecule has 1 radical (unpaired) electrons. The Bertz CT molecular complexity index is 272. The molecule has 0 atom stereocenters. The Hall–Kier alpha value is -1.05. The Labute approximate surface area is 85.3 Å². The third-order valence-electron chi connectivity index (χ3n) is 2.78. The Morgan fingerprint density at radius 3 is 2.64 bits per heavy atom. The highest BCUT2D eigenvalue weighted by Gasteiger charge is 2.18. The lowest BCUT2D eigenvalue weighted by Gasteiger charge is -2.27. The van der Waals surface area contributed by atoms with Crippen LogP contribution in [0.5, 0.6) is 0 Å². The van der Waals surface area contributed by atoms with E-state index in [2.05, 4.69) is 6.42 Å². The highest BCUT2D eigenvalue weighted by molar-refractivity contribution is 5.96. The summed E-state index contributed by atoms with van der Waals surface area (Å²) in [6.07, 6.45) is 12.4. The summed E-state index contributed by atoms with van der Waals surface area (Å²) in [5.74, 6) is 0.217. The second kappa shape index (κ2) is 4.45. The molecule has 1 heterocycles. The number of hydrogen-bond acceptors (Lipinski definition) is 1. The van der Waals surface area contributed by atoms with Gasteiger partial charge < -0.3 is 4.90 Å². The quantitative estimate of drug-likeness (QED) is 0.620. The fourth-order valence-electron chi connectivity index (χ4n) is 1.95. The standard InChI is InChI=1S/C12H16NO/c14-12(11-7-3-1-4-8-11)13-9-5-2-6-10-13/h1,3,7-8H,2,4-6,9-10H2. The molecular formula is C12H16NO. The van der Waals surface area contributed by atoms with Gasteiger partial charge >= 0.3 is 0 Å². The summed E-state index contributed by atoms with van der Waals surface area (Å²) in [7, 11) is 0. The highest BCUT2D eigenvalue weighted by Crippen LogP contribution is 2.15. The van der Waals surface area contributed by atoms with Crippen LogP contribution in [0.3, 0.4) is 0 Å². The van der Waals surface area contributed by atoms with Crippen molar-refractivity contribution in [3.05, 3.63) is 30.2 Å². The molecule has 0 spiro atoms. The number of allylic oxidation sites excluding steroid dienone is 2. The van der Waals surface area contributed by atoms with Gasteiger partial charge in [0.25, 0.3) is 5.91 Å². The molecule has 2 rings (SSSR count). The minimum atomic E-state index is 0.217. The lowest BCUT2D eigenvalue weighted by Crippen LogP contribution is -2.36. The van der Waals surface area contributed by atoms with Crippen molar-refractivity contribution < 1.29 is 4.79 Å². The molecule has 1 amide bonds. The van der Waals surface area contributed by atoms with Gasteiger partial charge in [-0.1, -0.05) is 18.2 Å². The normalized spacial score (nSPS) is 22.0. The molecule has 1 saturated heterocycles. The molecule has 0 bridgehead atoms. The van der Waals surface area contributed by atoms with Gasteiger partial charge in [-0.15, -0.1) is 0 Å². The maximum atomic E-state index is 11.9. The second-order valence-electron chi connectivity index (χ2n) is 3.84. The van der Waals surface area contributed by atoms with Crippen LogP contribution >= 0.6 is 0 Å². The zero-order valence-electron chi connectivity index (χ0n) is 8.41. The number of likely N-dealkylation sites (tertiary alicyclic amines) is 1. The minimum Gasteiger partial charge on any atom is -0.339 e. The van der Waals surface area contributed by atoms with Crippen LogP contribution in [0.15, 0.2) is 23.8 Å². The fraction of sp³-hybridized carbons (Fsp3) is 0.500. The smallest absolute Gasteiger partial charge is 0.253 e. The van der Waals surface area contributed by atoms with Gasteiger partial charge in [-0.25, -0.2) is 0 Å². The molecular weight excluding hydrogens is 174 g/mol. The van der Waals surface area contributed by atoms with Gasteiger partial charge in [0.15, 0.2) is 0 Å². The Balaban J connectivity index is 1.99. The minimum absolute atomic E-state index is 0.217. The molecule has 2 nitrogen and oxygen atoms in total. The van der Waals surface area contributed by atoms with Crippen LogP contribution in [0, 0.1) is 6.42 Å². The summed E-state index contributed by atoms with van der Waals surface area (Å²) in [6, 6.07) is 0. The maximum Gasteiger partial charge on any atom is 0.253 e. The third-order valence-corrected chi connectivity index (χ3v) is 2.78. The monoisotopic (exact) mass is 190 g/mol. The average Bonchev–Trinajstić information content (AvgIpc) is 2.30. The van der Waals surface area contributed by atoms with Crippen LogP contribution in [0.1, 0.15) is 25.7 Å². The largest absolute Gasteiger partial charge is 0.339 e. The first-order valence-corrected chi connectivity index (χ1v) is 5.37. The zero-order chi connectivity index (χ0) is 9.80. The number of hydrogen-bond donors (Lipinski definition) is 0. The van der Waals surface area contributed by atoms with Crippen molar-refractivity contribution in [2.24, 2.45) is 0 Å². The van der Waals surface area contributed by atoms with E-state index < -0.39 is 0 Å². The average molecular weight is 190 g/mol. The molecule has 0 saturated carbocycles. The van der Waals surface area contributed by atoms with E-state index in [0.29, 0.717) is 0 Å². The summed E-state index contributed by atoms with van der Waals surface area (Å²) in [5, 5.41) is 0. The van der Waals surface area contributed by atoms with E-state index in [9.17, 15) is 4.79 Å². The molecule has 75 valence electrons. The predicted octanol–water partition coefficient (Wildman–Crippen LogP) is 2.09. The van der Waals surface area contributed by atoms with E-state index >= 15 is 0 Å². The van der Waals surface area contributed by atoms with E-state index in [1.165, 1.54) is 6.42 Å². The first kappa shape index (κ1) is 9.50. The summed E-state index contributed by atoms with van der Waals surface area (Å²) in [5.41, 5.74) is 0.870. The van der Waals surface area contributed by atoms with Gasteiger partial charge in [-0.3, -0.25) is 4.79 Å². The van der Waals surface area contributed by atoms with Gasteiger partial charge in [-0.05, 0) is 32.1 Å². The topological polar surface area (TPSA) is 20.3 Å². The number of amides is 1. The molecule has 2 heteroatoms. The Kier molecular flexibility index (Phi) is 3.02. The van der Waals surface area contributed by atoms with Crippen molar-refractivity contribution in [1.29, 1.82) is 0 Å². The molecule has 0 aromatic carbocycles. The second-order valence-corrected chi connectivity index (χ2v) is 3.84. The number of nitrogens with zero attached hydrogens (tertiary/aromatic N) is 1. The van der Waals surface area contributed by atoms with Crippen molar-refractivity contribution in [3.63, 3.8) is 0 Å². The van der Waals surface area contributed by atoms with Crippen LogP contribution in [-0.4, -0.2) is 23.9 Å². The molecule has 0 unspecified atom stereocenters. The molecule has 1 aliphatic heterocycles. The predicted molar refractivity (Wildman–Crippen MR) is 56.6 cm³/mol. The molecule has 0 aromatic rings. The van der Waals surface area contributed by atoms with Crippen LogP contribution in [0.2, 0.25) is 0 Å². The first-order chi connectivity index (χ1) is 6.88. The molecule has 1 aliphatic carbocycles. The molecule has 14 heavy (non-hydrogen) atoms. The number of carbonyl (C=O) groups excluding carboxylic acids is 1. The number of piperidine rings is 1. The van der Waals surface area contributed by atoms with Crippen molar-refractivity contribution in [2.75, 3.05) is 13.1 Å². The highest BCUT2D eigenvalue weighted by atomic mass is 16.2. The van der Waals surface area contributed by atoms with E-state index in [0.717, 1.165) is 37.9 Å². The molecule has 0 aromatic heterocycles. The van der Waals surface area contributed by atoms with Crippen molar-refractivity contribution >= 4 is 5.91 Å². The van der Waals surface area contributed by atoms with Crippen LogP contribution < -0.4 is 0 Å². The van der Waals surface area contributed by atoms with Gasteiger partial charge in [0.2, 0.25) is 0 Å². The van der Waals surface area contributed by atoms with Gasteiger partial charge in [0.1, 0.15) is 0 Å². The maximum absolute atomic E-state index is 11.9. The zero-order valence-corrected chi connectivity index (χ0v) is 8.41. The lowest BCUT2D eigenvalue weighted by atomic mass is 10.0. The van der Waals surface area contributed by atoms with Gasteiger partial charge in [0, 0.05) is 18.7 Å². The number of carbonyl (C=O) groups is 1. The summed E-state index contributed by atoms with van der Waals surface area (Å²) in [6.45, 7) is 1.88. The number of rotatable bonds is 1. The first-order valence-electron chi connectivity index (χ1n) is 5.37. The van der Waals surface area contributed by atoms with E-state index in [-0.39, 0.29) is 5.91 Å². The molecule has 1 fully saturated rings. The summed E-state index contributed by atoms with van der Waals surface area (Å²) < 4.78 is 0. The van der Waals surface area contributed by atoms with Crippen LogP contribution in [-0.2, 0) is 4.79 Å². The SMILES string of the molecule is O=C(C1=CC[CH]C=C1)N1CCCCC1. The Morgan fingerprint density at radius 2 is 2.00 bits per heavy atom. The van der Waals surface area contributed by atoms with Gasteiger partial charge in [-0.2, -0.15) is 0 Å². The summed E-state index contributed by atoms with van der Waals surface area (Å²) >= 11 is 0. The van der Waals surface area contributed by atoms with Crippen molar-refractivity contribution in [2.45, 2.75) is 25.7 Å².